The molecule has 3 aromatic carbocycles. The number of amides is 2. The van der Waals surface area contributed by atoms with Crippen LogP contribution in [0.25, 0.3) is 0 Å². The molecule has 0 bridgehead atoms. The van der Waals surface area contributed by atoms with Crippen LogP contribution in [0.4, 0.5) is 11.4 Å². The zero-order chi connectivity index (χ0) is 26.9. The Morgan fingerprint density at radius 2 is 1.79 bits per heavy atom. The summed E-state index contributed by atoms with van der Waals surface area (Å²) >= 11 is 0. The van der Waals surface area contributed by atoms with E-state index in [2.05, 4.69) is 23.3 Å². The average molecular weight is 522 g/mol. The summed E-state index contributed by atoms with van der Waals surface area (Å²) in [6, 6.07) is 20.4. The minimum atomic E-state index is -0.674. The van der Waals surface area contributed by atoms with Crippen molar-refractivity contribution >= 4 is 28.9 Å². The zero-order valence-corrected chi connectivity index (χ0v) is 21.5. The van der Waals surface area contributed by atoms with Crippen LogP contribution in [0.1, 0.15) is 28.2 Å². The van der Waals surface area contributed by atoms with Crippen LogP contribution in [0.3, 0.4) is 0 Å². The van der Waals surface area contributed by atoms with Gasteiger partial charge in [0.2, 0.25) is 18.6 Å². The molecule has 9 nitrogen and oxygen atoms in total. The first kappa shape index (κ1) is 24.6. The topological polar surface area (TPSA) is 107 Å². The fourth-order valence-corrected chi connectivity index (χ4v) is 5.12. The number of nitrogens with zero attached hydrogens (tertiary/aromatic N) is 4. The molecular formula is C30H27N5O4. The molecule has 196 valence electrons. The Morgan fingerprint density at radius 3 is 2.56 bits per heavy atom. The summed E-state index contributed by atoms with van der Waals surface area (Å²) in [5.74, 6) is 0.465. The maximum absolute atomic E-state index is 13.2. The van der Waals surface area contributed by atoms with Crippen molar-refractivity contribution in [1.29, 1.82) is 5.26 Å². The lowest BCUT2D eigenvalue weighted by molar-refractivity contribution is -0.132. The van der Waals surface area contributed by atoms with Crippen LogP contribution in [0, 0.1) is 11.3 Å². The van der Waals surface area contributed by atoms with Crippen molar-refractivity contribution in [2.75, 3.05) is 45.3 Å². The van der Waals surface area contributed by atoms with Gasteiger partial charge in [-0.15, -0.1) is 0 Å². The number of nitrogens with one attached hydrogen (secondary N) is 1. The molecule has 1 saturated heterocycles. The van der Waals surface area contributed by atoms with E-state index in [9.17, 15) is 14.9 Å². The number of hydrogen-bond acceptors (Lipinski definition) is 7. The maximum Gasteiger partial charge on any atom is 0.238 e. The van der Waals surface area contributed by atoms with Crippen molar-refractivity contribution < 1.29 is 19.1 Å². The Bertz CT molecular complexity index is 1520. The average Bonchev–Trinajstić information content (AvgIpc) is 3.55. The molecule has 0 spiro atoms. The highest BCUT2D eigenvalue weighted by Gasteiger charge is 2.36. The smallest absolute Gasteiger partial charge is 0.238 e. The summed E-state index contributed by atoms with van der Waals surface area (Å²) in [5, 5.41) is 12.2. The normalized spacial score (nSPS) is 18.5. The van der Waals surface area contributed by atoms with Crippen LogP contribution >= 0.6 is 0 Å². The molecule has 0 saturated carbocycles. The number of anilines is 1. The monoisotopic (exact) mass is 521 g/mol. The Labute approximate surface area is 226 Å². The Balaban J connectivity index is 1.32. The molecule has 0 radical (unpaired) electrons. The highest BCUT2D eigenvalue weighted by atomic mass is 16.7. The van der Waals surface area contributed by atoms with E-state index in [0.717, 1.165) is 42.9 Å². The Morgan fingerprint density at radius 1 is 1.03 bits per heavy atom. The summed E-state index contributed by atoms with van der Waals surface area (Å²) in [6.45, 7) is 3.41. The van der Waals surface area contributed by atoms with Gasteiger partial charge in [-0.2, -0.15) is 5.26 Å². The van der Waals surface area contributed by atoms with Gasteiger partial charge in [0.25, 0.3) is 0 Å². The first-order chi connectivity index (χ1) is 19.0. The first-order valence-corrected chi connectivity index (χ1v) is 12.9. The van der Waals surface area contributed by atoms with Gasteiger partial charge in [-0.05, 0) is 60.6 Å². The number of carbonyl (C=O) groups is 2. The first-order valence-electron chi connectivity index (χ1n) is 12.9. The lowest BCUT2D eigenvalue weighted by Gasteiger charge is -2.32. The van der Waals surface area contributed by atoms with Gasteiger partial charge in [0, 0.05) is 37.4 Å². The van der Waals surface area contributed by atoms with E-state index in [1.807, 2.05) is 47.4 Å². The molecule has 3 aromatic rings. The van der Waals surface area contributed by atoms with E-state index < -0.39 is 5.92 Å². The number of piperazine rings is 1. The van der Waals surface area contributed by atoms with E-state index >= 15 is 0 Å². The predicted octanol–water partition coefficient (Wildman–Crippen LogP) is 3.46. The number of aliphatic imine (C=N–C) groups is 1. The number of rotatable bonds is 5. The van der Waals surface area contributed by atoms with Crippen molar-refractivity contribution in [1.82, 2.24) is 9.80 Å². The Kier molecular flexibility index (Phi) is 6.47. The number of fused-ring (bicyclic) bond motifs is 2. The molecular weight excluding hydrogens is 494 g/mol. The van der Waals surface area contributed by atoms with Gasteiger partial charge < -0.3 is 24.6 Å². The SMILES string of the molecule is CN1CCN(C(=O)Cc2ccc(N=C(c3ccc4c(c3)OCO4)C3C(=O)Nc4cc(C#N)ccc43)cc2)CC1. The van der Waals surface area contributed by atoms with Crippen molar-refractivity contribution in [2.24, 2.45) is 4.99 Å². The largest absolute Gasteiger partial charge is 0.454 e. The van der Waals surface area contributed by atoms with Gasteiger partial charge in [0.05, 0.1) is 29.5 Å². The van der Waals surface area contributed by atoms with E-state index in [0.29, 0.717) is 40.6 Å². The zero-order valence-electron chi connectivity index (χ0n) is 21.5. The number of likely N-dealkylation sites (N-methyl/N-ethyl adjacent to an activating group) is 1. The molecule has 3 aliphatic rings. The molecule has 1 atom stereocenters. The molecule has 0 aromatic heterocycles. The fourth-order valence-electron chi connectivity index (χ4n) is 5.12. The van der Waals surface area contributed by atoms with Crippen molar-refractivity contribution in [3.63, 3.8) is 0 Å². The minimum absolute atomic E-state index is 0.122. The highest BCUT2D eigenvalue weighted by molar-refractivity contribution is 6.24. The van der Waals surface area contributed by atoms with Crippen LogP contribution in [0.15, 0.2) is 65.7 Å². The molecule has 3 heterocycles. The predicted molar refractivity (Wildman–Crippen MR) is 146 cm³/mol. The van der Waals surface area contributed by atoms with Crippen molar-refractivity contribution in [3.8, 4) is 17.6 Å². The molecule has 1 fully saturated rings. The maximum atomic E-state index is 13.2. The van der Waals surface area contributed by atoms with Gasteiger partial charge in [0.15, 0.2) is 11.5 Å². The van der Waals surface area contributed by atoms with E-state index in [1.165, 1.54) is 0 Å². The molecule has 1 N–H and O–H groups in total. The number of carbonyl (C=O) groups excluding carboxylic acids is 2. The fraction of sp³-hybridized carbons (Fsp3) is 0.267. The van der Waals surface area contributed by atoms with Crippen LogP contribution in [0.2, 0.25) is 0 Å². The van der Waals surface area contributed by atoms with Gasteiger partial charge in [-0.3, -0.25) is 14.6 Å². The molecule has 9 heteroatoms. The van der Waals surface area contributed by atoms with Crippen molar-refractivity contribution in [3.05, 3.63) is 82.9 Å². The number of ether oxygens (including phenoxy) is 2. The molecule has 2 amide bonds. The van der Waals surface area contributed by atoms with Gasteiger partial charge in [0.1, 0.15) is 5.92 Å². The molecule has 3 aliphatic heterocycles. The van der Waals surface area contributed by atoms with E-state index in [-0.39, 0.29) is 18.6 Å². The van der Waals surface area contributed by atoms with Gasteiger partial charge in [-0.25, -0.2) is 0 Å². The molecule has 1 unspecified atom stereocenters. The molecule has 39 heavy (non-hydrogen) atoms. The summed E-state index contributed by atoms with van der Waals surface area (Å²) < 4.78 is 11.1. The number of hydrogen-bond donors (Lipinski definition) is 1. The summed E-state index contributed by atoms with van der Waals surface area (Å²) in [5.41, 5.74) is 4.68. The third-order valence-corrected chi connectivity index (χ3v) is 7.35. The second-order valence-corrected chi connectivity index (χ2v) is 9.93. The van der Waals surface area contributed by atoms with Gasteiger partial charge >= 0.3 is 0 Å². The van der Waals surface area contributed by atoms with Crippen LogP contribution in [0.5, 0.6) is 11.5 Å². The van der Waals surface area contributed by atoms with Crippen molar-refractivity contribution in [2.45, 2.75) is 12.3 Å². The van der Waals surface area contributed by atoms with Crippen LogP contribution < -0.4 is 14.8 Å². The van der Waals surface area contributed by atoms with Crippen LogP contribution in [-0.4, -0.2) is 67.3 Å². The standard InChI is InChI=1S/C30H27N5O4/c1-34-10-12-35(13-11-34)27(36)15-19-2-6-22(7-3-19)32-29(21-5-9-25-26(16-21)39-18-38-25)28-23-8-4-20(17-31)14-24(23)33-30(28)37/h2-9,14,16,28H,10-13,15,18H2,1H3,(H,33,37). The van der Waals surface area contributed by atoms with Gasteiger partial charge in [-0.1, -0.05) is 18.2 Å². The minimum Gasteiger partial charge on any atom is -0.454 e. The number of nitriles is 1. The third-order valence-electron chi connectivity index (χ3n) is 7.35. The summed E-state index contributed by atoms with van der Waals surface area (Å²) in [4.78, 5) is 35.1. The molecule has 0 aliphatic carbocycles. The third kappa shape index (κ3) is 4.94. The van der Waals surface area contributed by atoms with E-state index in [1.54, 1.807) is 18.2 Å². The summed E-state index contributed by atoms with van der Waals surface area (Å²) in [7, 11) is 2.07. The second-order valence-electron chi connectivity index (χ2n) is 9.93. The van der Waals surface area contributed by atoms with E-state index in [4.69, 9.17) is 14.5 Å². The van der Waals surface area contributed by atoms with Crippen LogP contribution in [-0.2, 0) is 16.0 Å². The Hall–Kier alpha value is -4.68. The molecule has 6 rings (SSSR count). The number of benzene rings is 3. The second kappa shape index (κ2) is 10.2. The highest BCUT2D eigenvalue weighted by Crippen LogP contribution is 2.39. The summed E-state index contributed by atoms with van der Waals surface area (Å²) in [6.07, 6.45) is 0.336. The lowest BCUT2D eigenvalue weighted by atomic mass is 9.90. The lowest BCUT2D eigenvalue weighted by Crippen LogP contribution is -2.47. The quantitative estimate of drug-likeness (QED) is 0.516.